The zero-order valence-electron chi connectivity index (χ0n) is 9.27. The molecule has 7 nitrogen and oxygen atoms in total. The number of benzene rings is 1. The number of carbonyl (C=O) groups excluding carboxylic acids is 3. The van der Waals surface area contributed by atoms with E-state index in [1.54, 1.807) is 0 Å². The SMILES string of the molecule is O=C(CC1NC(=O)NC1=O)Nc1ccc(O)cc1. The van der Waals surface area contributed by atoms with Crippen molar-refractivity contribution >= 4 is 23.5 Å². The molecule has 2 rings (SSSR count). The van der Waals surface area contributed by atoms with Gasteiger partial charge in [0.1, 0.15) is 11.8 Å². The van der Waals surface area contributed by atoms with E-state index in [0.717, 1.165) is 0 Å². The Morgan fingerprint density at radius 2 is 1.94 bits per heavy atom. The second-order valence-electron chi connectivity index (χ2n) is 3.81. The van der Waals surface area contributed by atoms with Gasteiger partial charge in [0.15, 0.2) is 0 Å². The molecule has 0 aliphatic carbocycles. The van der Waals surface area contributed by atoms with Crippen molar-refractivity contribution in [1.82, 2.24) is 10.6 Å². The lowest BCUT2D eigenvalue weighted by Gasteiger charge is -2.08. The summed E-state index contributed by atoms with van der Waals surface area (Å²) in [6.45, 7) is 0. The summed E-state index contributed by atoms with van der Waals surface area (Å²) in [5.41, 5.74) is 0.502. The highest BCUT2D eigenvalue weighted by Crippen LogP contribution is 2.14. The van der Waals surface area contributed by atoms with E-state index in [1.165, 1.54) is 24.3 Å². The van der Waals surface area contributed by atoms with Crippen molar-refractivity contribution in [3.05, 3.63) is 24.3 Å². The lowest BCUT2D eigenvalue weighted by molar-refractivity contribution is -0.124. The zero-order valence-corrected chi connectivity index (χ0v) is 9.27. The van der Waals surface area contributed by atoms with Gasteiger partial charge in [0.2, 0.25) is 5.91 Å². The third kappa shape index (κ3) is 2.76. The van der Waals surface area contributed by atoms with Crippen molar-refractivity contribution in [1.29, 1.82) is 0 Å². The lowest BCUT2D eigenvalue weighted by atomic mass is 10.2. The van der Waals surface area contributed by atoms with Crippen LogP contribution in [0.5, 0.6) is 5.75 Å². The van der Waals surface area contributed by atoms with Crippen LogP contribution < -0.4 is 16.0 Å². The van der Waals surface area contributed by atoms with Gasteiger partial charge in [0.25, 0.3) is 5.91 Å². The number of carbonyl (C=O) groups is 3. The number of rotatable bonds is 3. The van der Waals surface area contributed by atoms with Crippen molar-refractivity contribution < 1.29 is 19.5 Å². The normalized spacial score (nSPS) is 18.1. The van der Waals surface area contributed by atoms with Gasteiger partial charge in [-0.3, -0.25) is 14.9 Å². The van der Waals surface area contributed by atoms with Gasteiger partial charge in [-0.15, -0.1) is 0 Å². The Morgan fingerprint density at radius 1 is 1.28 bits per heavy atom. The van der Waals surface area contributed by atoms with Gasteiger partial charge >= 0.3 is 6.03 Å². The maximum Gasteiger partial charge on any atom is 0.322 e. The Kier molecular flexibility index (Phi) is 3.13. The van der Waals surface area contributed by atoms with Crippen molar-refractivity contribution in [2.24, 2.45) is 0 Å². The molecule has 0 saturated carbocycles. The van der Waals surface area contributed by atoms with Crippen molar-refractivity contribution in [2.75, 3.05) is 5.32 Å². The van der Waals surface area contributed by atoms with Gasteiger partial charge in [-0.25, -0.2) is 4.79 Å². The molecular weight excluding hydrogens is 238 g/mol. The van der Waals surface area contributed by atoms with E-state index in [-0.39, 0.29) is 12.2 Å². The van der Waals surface area contributed by atoms with Crippen LogP contribution in [0.3, 0.4) is 0 Å². The van der Waals surface area contributed by atoms with Crippen LogP contribution in [0, 0.1) is 0 Å². The Labute approximate surface area is 102 Å². The first-order valence-electron chi connectivity index (χ1n) is 5.25. The molecule has 1 aliphatic heterocycles. The number of urea groups is 1. The first-order chi connectivity index (χ1) is 8.54. The summed E-state index contributed by atoms with van der Waals surface area (Å²) < 4.78 is 0. The zero-order chi connectivity index (χ0) is 13.1. The second kappa shape index (κ2) is 4.74. The summed E-state index contributed by atoms with van der Waals surface area (Å²) in [5.74, 6) is -0.820. The number of anilines is 1. The molecule has 0 radical (unpaired) electrons. The largest absolute Gasteiger partial charge is 0.508 e. The van der Waals surface area contributed by atoms with Crippen LogP contribution >= 0.6 is 0 Å². The predicted molar refractivity (Wildman–Crippen MR) is 61.8 cm³/mol. The molecule has 1 unspecified atom stereocenters. The number of nitrogens with one attached hydrogen (secondary N) is 3. The number of hydrogen-bond donors (Lipinski definition) is 4. The number of hydrogen-bond acceptors (Lipinski definition) is 4. The van der Waals surface area contributed by atoms with Crippen LogP contribution in [0.2, 0.25) is 0 Å². The van der Waals surface area contributed by atoms with Gasteiger partial charge in [-0.2, -0.15) is 0 Å². The molecule has 0 spiro atoms. The van der Waals surface area contributed by atoms with Crippen LogP contribution in [0.15, 0.2) is 24.3 Å². The average Bonchev–Trinajstić information content (AvgIpc) is 2.61. The Balaban J connectivity index is 1.91. The van der Waals surface area contributed by atoms with Crippen LogP contribution in [-0.4, -0.2) is 29.0 Å². The summed E-state index contributed by atoms with van der Waals surface area (Å²) in [5, 5.41) is 16.0. The van der Waals surface area contributed by atoms with Crippen molar-refractivity contribution in [2.45, 2.75) is 12.5 Å². The molecule has 4 N–H and O–H groups in total. The fourth-order valence-corrected chi connectivity index (χ4v) is 1.54. The van der Waals surface area contributed by atoms with E-state index in [2.05, 4.69) is 10.6 Å². The highest BCUT2D eigenvalue weighted by Gasteiger charge is 2.31. The molecule has 1 aromatic carbocycles. The summed E-state index contributed by atoms with van der Waals surface area (Å²) in [4.78, 5) is 33.6. The molecule has 0 aromatic heterocycles. The monoisotopic (exact) mass is 249 g/mol. The molecule has 0 bridgehead atoms. The van der Waals surface area contributed by atoms with Crippen LogP contribution in [-0.2, 0) is 9.59 Å². The minimum absolute atomic E-state index is 0.0930. The van der Waals surface area contributed by atoms with Gasteiger partial charge in [0.05, 0.1) is 6.42 Å². The highest BCUT2D eigenvalue weighted by atomic mass is 16.3. The van der Waals surface area contributed by atoms with Crippen LogP contribution in [0.25, 0.3) is 0 Å². The number of imide groups is 1. The maximum atomic E-state index is 11.6. The topological polar surface area (TPSA) is 108 Å². The first kappa shape index (κ1) is 11.9. The molecule has 18 heavy (non-hydrogen) atoms. The fraction of sp³-hybridized carbons (Fsp3) is 0.182. The average molecular weight is 249 g/mol. The van der Waals surface area contributed by atoms with E-state index in [9.17, 15) is 14.4 Å². The third-order valence-electron chi connectivity index (χ3n) is 2.40. The number of phenols is 1. The molecule has 7 heteroatoms. The van der Waals surface area contributed by atoms with Crippen LogP contribution in [0.1, 0.15) is 6.42 Å². The molecule has 1 atom stereocenters. The quantitative estimate of drug-likeness (QED) is 0.444. The smallest absolute Gasteiger partial charge is 0.322 e. The van der Waals surface area contributed by atoms with E-state index in [0.29, 0.717) is 5.69 Å². The molecule has 1 heterocycles. The minimum atomic E-state index is -0.838. The molecule has 1 saturated heterocycles. The predicted octanol–water partition coefficient (Wildman–Crippen LogP) is -0.0712. The molecule has 94 valence electrons. The standard InChI is InChI=1S/C11H11N3O4/c15-7-3-1-6(2-4-7)12-9(16)5-8-10(17)14-11(18)13-8/h1-4,8,15H,5H2,(H,12,16)(H2,13,14,17,18). The van der Waals surface area contributed by atoms with Crippen molar-refractivity contribution in [3.63, 3.8) is 0 Å². The molecular formula is C11H11N3O4. The first-order valence-corrected chi connectivity index (χ1v) is 5.25. The van der Waals surface area contributed by atoms with Gasteiger partial charge < -0.3 is 15.7 Å². The summed E-state index contributed by atoms with van der Waals surface area (Å²) in [6.07, 6.45) is -0.140. The van der Waals surface area contributed by atoms with E-state index >= 15 is 0 Å². The summed E-state index contributed by atoms with van der Waals surface area (Å²) >= 11 is 0. The summed E-state index contributed by atoms with van der Waals surface area (Å²) in [6, 6.07) is 4.48. The molecule has 1 aliphatic rings. The van der Waals surface area contributed by atoms with Crippen LogP contribution in [0.4, 0.5) is 10.5 Å². The third-order valence-corrected chi connectivity index (χ3v) is 2.40. The maximum absolute atomic E-state index is 11.6. The van der Waals surface area contributed by atoms with E-state index in [1.807, 2.05) is 5.32 Å². The molecule has 4 amide bonds. The highest BCUT2D eigenvalue weighted by molar-refractivity contribution is 6.06. The Bertz CT molecular complexity index is 498. The number of aromatic hydroxyl groups is 1. The fourth-order valence-electron chi connectivity index (χ4n) is 1.54. The molecule has 1 aromatic rings. The number of amides is 4. The van der Waals surface area contributed by atoms with Gasteiger partial charge in [0, 0.05) is 5.69 Å². The minimum Gasteiger partial charge on any atom is -0.508 e. The summed E-state index contributed by atoms with van der Waals surface area (Å²) in [7, 11) is 0. The number of phenolic OH excluding ortho intramolecular Hbond substituents is 1. The Hall–Kier alpha value is -2.57. The lowest BCUT2D eigenvalue weighted by Crippen LogP contribution is -2.33. The van der Waals surface area contributed by atoms with E-state index in [4.69, 9.17) is 5.11 Å². The molecule has 1 fully saturated rings. The van der Waals surface area contributed by atoms with Gasteiger partial charge in [-0.1, -0.05) is 0 Å². The van der Waals surface area contributed by atoms with Gasteiger partial charge in [-0.05, 0) is 24.3 Å². The Morgan fingerprint density at radius 3 is 2.50 bits per heavy atom. The second-order valence-corrected chi connectivity index (χ2v) is 3.81. The van der Waals surface area contributed by atoms with Crippen molar-refractivity contribution in [3.8, 4) is 5.75 Å². The van der Waals surface area contributed by atoms with E-state index < -0.39 is 23.9 Å².